The number of likely N-dealkylation sites (tertiary alicyclic amines) is 1. The van der Waals surface area contributed by atoms with Gasteiger partial charge in [-0.25, -0.2) is 4.79 Å². The fourth-order valence-corrected chi connectivity index (χ4v) is 3.69. The standard InChI is InChI=1S/C20H24BrN3O2/c1-15-18(21)14-24(22-15)13-12-23-11-3-4-19(23)17-8-5-16(6-9-17)7-10-20(25)26-2/h5-10,14,19H,3-4,11-13H2,1-2H3. The van der Waals surface area contributed by atoms with Gasteiger partial charge in [0.05, 0.1) is 23.8 Å². The zero-order valence-electron chi connectivity index (χ0n) is 15.2. The summed E-state index contributed by atoms with van der Waals surface area (Å²) in [7, 11) is 1.38. The minimum absolute atomic E-state index is 0.337. The van der Waals surface area contributed by atoms with E-state index in [9.17, 15) is 4.79 Å². The number of halogens is 1. The number of rotatable bonds is 6. The van der Waals surface area contributed by atoms with Crippen LogP contribution in [0, 0.1) is 6.92 Å². The second-order valence-electron chi connectivity index (χ2n) is 6.54. The van der Waals surface area contributed by atoms with Crippen LogP contribution in [0.3, 0.4) is 0 Å². The van der Waals surface area contributed by atoms with Gasteiger partial charge < -0.3 is 4.74 Å². The Bertz CT molecular complexity index is 763. The normalized spacial score (nSPS) is 17.9. The molecule has 1 fully saturated rings. The van der Waals surface area contributed by atoms with Gasteiger partial charge in [-0.2, -0.15) is 5.10 Å². The monoisotopic (exact) mass is 417 g/mol. The number of nitrogens with zero attached hydrogens (tertiary/aromatic N) is 3. The van der Waals surface area contributed by atoms with Crippen LogP contribution in [-0.2, 0) is 16.1 Å². The summed E-state index contributed by atoms with van der Waals surface area (Å²) in [6, 6.07) is 8.88. The molecule has 3 rings (SSSR count). The van der Waals surface area contributed by atoms with Gasteiger partial charge in [-0.3, -0.25) is 9.58 Å². The van der Waals surface area contributed by atoms with Gasteiger partial charge in [-0.1, -0.05) is 24.3 Å². The Morgan fingerprint density at radius 3 is 2.77 bits per heavy atom. The van der Waals surface area contributed by atoms with Crippen LogP contribution >= 0.6 is 15.9 Å². The van der Waals surface area contributed by atoms with Crippen LogP contribution in [0.2, 0.25) is 0 Å². The minimum atomic E-state index is -0.337. The Hall–Kier alpha value is -1.92. The van der Waals surface area contributed by atoms with E-state index in [1.54, 1.807) is 6.08 Å². The second kappa shape index (κ2) is 8.64. The van der Waals surface area contributed by atoms with Crippen molar-refractivity contribution < 1.29 is 9.53 Å². The number of hydrogen-bond donors (Lipinski definition) is 0. The van der Waals surface area contributed by atoms with Gasteiger partial charge in [0.1, 0.15) is 0 Å². The molecular weight excluding hydrogens is 394 g/mol. The summed E-state index contributed by atoms with van der Waals surface area (Å²) < 4.78 is 7.69. The first kappa shape index (κ1) is 18.9. The van der Waals surface area contributed by atoms with E-state index in [2.05, 4.69) is 54.9 Å². The molecule has 138 valence electrons. The van der Waals surface area contributed by atoms with Crippen LogP contribution in [0.15, 0.2) is 41.0 Å². The van der Waals surface area contributed by atoms with Gasteiger partial charge in [-0.15, -0.1) is 0 Å². The van der Waals surface area contributed by atoms with Crippen LogP contribution in [0.5, 0.6) is 0 Å². The van der Waals surface area contributed by atoms with Gasteiger partial charge in [0.25, 0.3) is 0 Å². The Balaban J connectivity index is 1.62. The van der Waals surface area contributed by atoms with Crippen molar-refractivity contribution in [2.75, 3.05) is 20.2 Å². The quantitative estimate of drug-likeness (QED) is 0.526. The molecule has 1 saturated heterocycles. The van der Waals surface area contributed by atoms with E-state index in [4.69, 9.17) is 0 Å². The molecule has 26 heavy (non-hydrogen) atoms. The van der Waals surface area contributed by atoms with Crippen LogP contribution < -0.4 is 0 Å². The molecule has 0 N–H and O–H groups in total. The molecule has 2 heterocycles. The number of carbonyl (C=O) groups excluding carboxylic acids is 1. The lowest BCUT2D eigenvalue weighted by Crippen LogP contribution is -2.27. The first-order chi connectivity index (χ1) is 12.6. The van der Waals surface area contributed by atoms with Gasteiger partial charge in [0, 0.05) is 24.9 Å². The van der Waals surface area contributed by atoms with Crippen molar-refractivity contribution in [1.29, 1.82) is 0 Å². The van der Waals surface area contributed by atoms with Crippen molar-refractivity contribution >= 4 is 28.0 Å². The molecule has 1 aliphatic rings. The van der Waals surface area contributed by atoms with Gasteiger partial charge in [-0.05, 0) is 59.4 Å². The van der Waals surface area contributed by atoms with E-state index < -0.39 is 0 Å². The summed E-state index contributed by atoms with van der Waals surface area (Å²) in [5.41, 5.74) is 3.36. The SMILES string of the molecule is COC(=O)C=Cc1ccc(C2CCCN2CCn2cc(Br)c(C)n2)cc1. The zero-order chi connectivity index (χ0) is 18.5. The highest BCUT2D eigenvalue weighted by Gasteiger charge is 2.25. The lowest BCUT2D eigenvalue weighted by molar-refractivity contribution is -0.134. The number of carbonyl (C=O) groups is 1. The minimum Gasteiger partial charge on any atom is -0.466 e. The molecule has 1 aliphatic heterocycles. The summed E-state index contributed by atoms with van der Waals surface area (Å²) in [4.78, 5) is 13.7. The molecule has 0 spiro atoms. The molecule has 0 radical (unpaired) electrons. The number of aromatic nitrogens is 2. The van der Waals surface area contributed by atoms with Crippen LogP contribution in [0.4, 0.5) is 0 Å². The molecule has 1 aromatic carbocycles. The van der Waals surface area contributed by atoms with Crippen molar-refractivity contribution in [3.8, 4) is 0 Å². The fraction of sp³-hybridized carbons (Fsp3) is 0.400. The maximum absolute atomic E-state index is 11.2. The van der Waals surface area contributed by atoms with E-state index in [0.29, 0.717) is 6.04 Å². The molecule has 1 atom stereocenters. The number of aryl methyl sites for hydroxylation is 1. The van der Waals surface area contributed by atoms with E-state index in [1.165, 1.54) is 31.6 Å². The third-order valence-electron chi connectivity index (χ3n) is 4.80. The first-order valence-electron chi connectivity index (χ1n) is 8.86. The largest absolute Gasteiger partial charge is 0.466 e. The second-order valence-corrected chi connectivity index (χ2v) is 7.40. The summed E-state index contributed by atoms with van der Waals surface area (Å²) in [5, 5.41) is 4.52. The number of methoxy groups -OCH3 is 1. The number of ether oxygens (including phenoxy) is 1. The average molecular weight is 418 g/mol. The van der Waals surface area contributed by atoms with E-state index in [0.717, 1.165) is 35.4 Å². The lowest BCUT2D eigenvalue weighted by atomic mass is 10.0. The predicted octanol–water partition coefficient (Wildman–Crippen LogP) is 3.98. The maximum atomic E-state index is 11.2. The molecule has 1 unspecified atom stereocenters. The van der Waals surface area contributed by atoms with Crippen molar-refractivity contribution in [2.24, 2.45) is 0 Å². The molecule has 6 heteroatoms. The van der Waals surface area contributed by atoms with E-state index in [1.807, 2.05) is 17.8 Å². The summed E-state index contributed by atoms with van der Waals surface area (Å²) in [6.45, 7) is 5.01. The zero-order valence-corrected chi connectivity index (χ0v) is 16.8. The molecule has 0 aliphatic carbocycles. The smallest absolute Gasteiger partial charge is 0.330 e. The van der Waals surface area contributed by atoms with E-state index in [-0.39, 0.29) is 5.97 Å². The summed E-state index contributed by atoms with van der Waals surface area (Å²) in [5.74, 6) is -0.337. The molecule has 5 nitrogen and oxygen atoms in total. The third-order valence-corrected chi connectivity index (χ3v) is 5.58. The molecule has 0 saturated carbocycles. The van der Waals surface area contributed by atoms with Crippen molar-refractivity contribution in [2.45, 2.75) is 32.4 Å². The van der Waals surface area contributed by atoms with Gasteiger partial charge >= 0.3 is 5.97 Å². The average Bonchev–Trinajstić information content (AvgIpc) is 3.24. The molecule has 2 aromatic rings. The van der Waals surface area contributed by atoms with Crippen LogP contribution in [0.1, 0.15) is 35.7 Å². The van der Waals surface area contributed by atoms with E-state index >= 15 is 0 Å². The third kappa shape index (κ3) is 4.62. The summed E-state index contributed by atoms with van der Waals surface area (Å²) in [6.07, 6.45) is 7.67. The topological polar surface area (TPSA) is 47.4 Å². The fourth-order valence-electron chi connectivity index (χ4n) is 3.37. The van der Waals surface area contributed by atoms with Crippen molar-refractivity contribution in [3.63, 3.8) is 0 Å². The molecule has 0 amide bonds. The van der Waals surface area contributed by atoms with Crippen molar-refractivity contribution in [1.82, 2.24) is 14.7 Å². The highest BCUT2D eigenvalue weighted by molar-refractivity contribution is 9.10. The number of hydrogen-bond acceptors (Lipinski definition) is 4. The van der Waals surface area contributed by atoms with Crippen LogP contribution in [0.25, 0.3) is 6.08 Å². The highest BCUT2D eigenvalue weighted by atomic mass is 79.9. The van der Waals surface area contributed by atoms with Crippen molar-refractivity contribution in [3.05, 3.63) is 57.8 Å². The summed E-state index contributed by atoms with van der Waals surface area (Å²) >= 11 is 3.52. The van der Waals surface area contributed by atoms with Gasteiger partial charge in [0.15, 0.2) is 0 Å². The Labute approximate surface area is 162 Å². The number of benzene rings is 1. The van der Waals surface area contributed by atoms with Gasteiger partial charge in [0.2, 0.25) is 0 Å². The first-order valence-corrected chi connectivity index (χ1v) is 9.65. The Kier molecular flexibility index (Phi) is 6.27. The number of esters is 1. The Morgan fingerprint density at radius 1 is 1.35 bits per heavy atom. The molecule has 0 bridgehead atoms. The molecule has 1 aromatic heterocycles. The molecular formula is C20H24BrN3O2. The lowest BCUT2D eigenvalue weighted by Gasteiger charge is -2.24. The maximum Gasteiger partial charge on any atom is 0.330 e. The van der Waals surface area contributed by atoms with Crippen LogP contribution in [-0.4, -0.2) is 40.8 Å². The highest BCUT2D eigenvalue weighted by Crippen LogP contribution is 2.32. The predicted molar refractivity (Wildman–Crippen MR) is 106 cm³/mol. The Morgan fingerprint density at radius 2 is 2.12 bits per heavy atom.